The van der Waals surface area contributed by atoms with Crippen molar-refractivity contribution in [3.05, 3.63) is 59.7 Å². The Bertz CT molecular complexity index is 759. The van der Waals surface area contributed by atoms with Crippen molar-refractivity contribution < 1.29 is 19.5 Å². The van der Waals surface area contributed by atoms with Gasteiger partial charge in [0.2, 0.25) is 0 Å². The summed E-state index contributed by atoms with van der Waals surface area (Å²) >= 11 is 0. The van der Waals surface area contributed by atoms with E-state index in [1.165, 1.54) is 11.1 Å². The molecule has 0 saturated carbocycles. The number of rotatable bonds is 9. The predicted octanol–water partition coefficient (Wildman–Crippen LogP) is 3.93. The first-order valence-corrected chi connectivity index (χ1v) is 10.8. The first-order valence-electron chi connectivity index (χ1n) is 10.8. The Balaban J connectivity index is 1.71. The minimum Gasteiger partial charge on any atom is -0.497 e. The molecule has 1 fully saturated rings. The van der Waals surface area contributed by atoms with Crippen LogP contribution in [0.15, 0.2) is 48.5 Å². The summed E-state index contributed by atoms with van der Waals surface area (Å²) in [6, 6.07) is 16.9. The van der Waals surface area contributed by atoms with Crippen LogP contribution in [0.2, 0.25) is 0 Å². The quantitative estimate of drug-likeness (QED) is 0.651. The molecule has 2 atom stereocenters. The zero-order valence-electron chi connectivity index (χ0n) is 18.3. The smallest absolute Gasteiger partial charge is 0.122 e. The third-order valence-electron chi connectivity index (χ3n) is 6.29. The van der Waals surface area contributed by atoms with Crippen LogP contribution in [-0.4, -0.2) is 33.5 Å². The average Bonchev–Trinajstić information content (AvgIpc) is 2.77. The van der Waals surface area contributed by atoms with Gasteiger partial charge in [-0.2, -0.15) is 0 Å². The molecule has 2 aromatic rings. The Morgan fingerprint density at radius 1 is 1.07 bits per heavy atom. The zero-order valence-corrected chi connectivity index (χ0v) is 18.3. The van der Waals surface area contributed by atoms with Crippen LogP contribution < -0.4 is 14.8 Å². The molecule has 0 spiro atoms. The summed E-state index contributed by atoms with van der Waals surface area (Å²) < 4.78 is 17.1. The Morgan fingerprint density at radius 2 is 1.83 bits per heavy atom. The van der Waals surface area contributed by atoms with E-state index in [0.29, 0.717) is 12.0 Å². The molecule has 4 nitrogen and oxygen atoms in total. The van der Waals surface area contributed by atoms with Crippen LogP contribution in [0, 0.1) is 5.92 Å². The molecule has 0 unspecified atom stereocenters. The molecule has 158 valence electrons. The van der Waals surface area contributed by atoms with Gasteiger partial charge in [0, 0.05) is 29.6 Å². The van der Waals surface area contributed by atoms with Gasteiger partial charge in [0.05, 0.1) is 26.9 Å². The van der Waals surface area contributed by atoms with Gasteiger partial charge in [-0.1, -0.05) is 32.0 Å². The summed E-state index contributed by atoms with van der Waals surface area (Å²) in [7, 11) is 3.48. The van der Waals surface area contributed by atoms with Crippen molar-refractivity contribution in [1.29, 1.82) is 0 Å². The van der Waals surface area contributed by atoms with E-state index in [9.17, 15) is 0 Å². The molecule has 2 aromatic carbocycles. The van der Waals surface area contributed by atoms with Crippen LogP contribution >= 0.6 is 0 Å². The van der Waals surface area contributed by atoms with Crippen LogP contribution in [0.4, 0.5) is 0 Å². The molecule has 4 heteroatoms. The Morgan fingerprint density at radius 3 is 2.52 bits per heavy atom. The molecule has 3 rings (SSSR count). The molecule has 29 heavy (non-hydrogen) atoms. The molecular formula is C25H36NO3+. The lowest BCUT2D eigenvalue weighted by Gasteiger charge is -2.43. The van der Waals surface area contributed by atoms with Gasteiger partial charge in [0.25, 0.3) is 0 Å². The molecule has 1 aliphatic heterocycles. The maximum atomic E-state index is 6.12. The second-order valence-corrected chi connectivity index (χ2v) is 8.47. The number of nitrogens with two attached hydrogens (primary N) is 1. The molecule has 0 amide bonds. The van der Waals surface area contributed by atoms with E-state index in [1.807, 2.05) is 12.1 Å². The second-order valence-electron chi connectivity index (χ2n) is 8.47. The molecule has 0 bridgehead atoms. The fourth-order valence-corrected chi connectivity index (χ4v) is 4.48. The Hall–Kier alpha value is -2.04. The highest BCUT2D eigenvalue weighted by atomic mass is 16.5. The number of quaternary nitrogens is 1. The highest BCUT2D eigenvalue weighted by Crippen LogP contribution is 2.44. The third kappa shape index (κ3) is 5.31. The first-order chi connectivity index (χ1) is 14.1. The summed E-state index contributed by atoms with van der Waals surface area (Å²) in [5.41, 5.74) is 2.77. The van der Waals surface area contributed by atoms with Gasteiger partial charge in [0.1, 0.15) is 18.0 Å². The maximum Gasteiger partial charge on any atom is 0.122 e. The Kier molecular flexibility index (Phi) is 7.57. The largest absolute Gasteiger partial charge is 0.497 e. The van der Waals surface area contributed by atoms with Crippen molar-refractivity contribution >= 4 is 0 Å². The lowest BCUT2D eigenvalue weighted by molar-refractivity contribution is -0.671. The van der Waals surface area contributed by atoms with Gasteiger partial charge in [-0.15, -0.1) is 0 Å². The normalized spacial score (nSPS) is 21.9. The van der Waals surface area contributed by atoms with Gasteiger partial charge >= 0.3 is 0 Å². The molecule has 2 N–H and O–H groups in total. The molecular weight excluding hydrogens is 362 g/mol. The lowest BCUT2D eigenvalue weighted by atomic mass is 9.68. The molecule has 1 heterocycles. The number of benzene rings is 2. The number of para-hydroxylation sites is 1. The van der Waals surface area contributed by atoms with E-state index in [0.717, 1.165) is 50.5 Å². The molecule has 0 radical (unpaired) electrons. The molecule has 1 saturated heterocycles. The fourth-order valence-electron chi connectivity index (χ4n) is 4.48. The number of hydrogen-bond acceptors (Lipinski definition) is 3. The van der Waals surface area contributed by atoms with Crippen molar-refractivity contribution in [3.63, 3.8) is 0 Å². The highest BCUT2D eigenvalue weighted by molar-refractivity contribution is 5.40. The predicted molar refractivity (Wildman–Crippen MR) is 117 cm³/mol. The summed E-state index contributed by atoms with van der Waals surface area (Å²) in [5.74, 6) is 2.44. The van der Waals surface area contributed by atoms with Crippen molar-refractivity contribution in [3.8, 4) is 11.5 Å². The van der Waals surface area contributed by atoms with Crippen molar-refractivity contribution in [1.82, 2.24) is 0 Å². The van der Waals surface area contributed by atoms with Crippen LogP contribution in [0.5, 0.6) is 11.5 Å². The van der Waals surface area contributed by atoms with E-state index in [2.05, 4.69) is 55.6 Å². The van der Waals surface area contributed by atoms with Crippen LogP contribution in [0.25, 0.3) is 0 Å². The van der Waals surface area contributed by atoms with E-state index >= 15 is 0 Å². The summed E-state index contributed by atoms with van der Waals surface area (Å²) in [6.45, 7) is 7.40. The van der Waals surface area contributed by atoms with E-state index in [4.69, 9.17) is 14.2 Å². The van der Waals surface area contributed by atoms with Gasteiger partial charge in [-0.25, -0.2) is 0 Å². The standard InChI is InChI=1S/C25H35NO3/c1-19(2)24-17-25(14-16-29-24,22-7-5-6-8-23(22)28-4)13-15-26-18-20-9-11-21(27-3)12-10-20/h5-12,19,24,26H,13-18H2,1-4H3/p+1/t24-,25+/m1/s1. The number of methoxy groups -OCH3 is 2. The van der Waals surface area contributed by atoms with E-state index in [1.54, 1.807) is 14.2 Å². The number of ether oxygens (including phenoxy) is 3. The van der Waals surface area contributed by atoms with Gasteiger partial charge in [-0.05, 0) is 49.1 Å². The van der Waals surface area contributed by atoms with Crippen molar-refractivity contribution in [2.24, 2.45) is 5.92 Å². The maximum absolute atomic E-state index is 6.12. The van der Waals surface area contributed by atoms with Crippen molar-refractivity contribution in [2.75, 3.05) is 27.4 Å². The highest BCUT2D eigenvalue weighted by Gasteiger charge is 2.41. The van der Waals surface area contributed by atoms with Gasteiger partial charge in [0.15, 0.2) is 0 Å². The van der Waals surface area contributed by atoms with Crippen LogP contribution in [-0.2, 0) is 16.7 Å². The third-order valence-corrected chi connectivity index (χ3v) is 6.29. The van der Waals surface area contributed by atoms with Crippen LogP contribution in [0.3, 0.4) is 0 Å². The first kappa shape index (κ1) is 21.7. The van der Waals surface area contributed by atoms with E-state index in [-0.39, 0.29) is 5.41 Å². The molecule has 0 aliphatic carbocycles. The fraction of sp³-hybridized carbons (Fsp3) is 0.520. The van der Waals surface area contributed by atoms with Gasteiger partial charge in [-0.3, -0.25) is 0 Å². The van der Waals surface area contributed by atoms with Crippen LogP contribution in [0.1, 0.15) is 44.2 Å². The topological polar surface area (TPSA) is 44.3 Å². The monoisotopic (exact) mass is 398 g/mol. The Labute approximate surface area is 175 Å². The second kappa shape index (κ2) is 10.1. The molecule has 0 aromatic heterocycles. The summed E-state index contributed by atoms with van der Waals surface area (Å²) in [6.07, 6.45) is 3.53. The average molecular weight is 399 g/mol. The van der Waals surface area contributed by atoms with Gasteiger partial charge < -0.3 is 19.5 Å². The summed E-state index contributed by atoms with van der Waals surface area (Å²) in [5, 5.41) is 2.42. The summed E-state index contributed by atoms with van der Waals surface area (Å²) in [4.78, 5) is 0. The molecule has 1 aliphatic rings. The van der Waals surface area contributed by atoms with E-state index < -0.39 is 0 Å². The van der Waals surface area contributed by atoms with Crippen molar-refractivity contribution in [2.45, 2.75) is 51.2 Å². The SMILES string of the molecule is COc1ccc(C[NH2+]CC[C@]2(c3ccccc3OC)CCO[C@@H](C(C)C)C2)cc1. The minimum atomic E-state index is 0.107. The number of hydrogen-bond donors (Lipinski definition) is 1. The zero-order chi connectivity index (χ0) is 20.7. The minimum absolute atomic E-state index is 0.107. The lowest BCUT2D eigenvalue weighted by Crippen LogP contribution is -2.83.